The van der Waals surface area contributed by atoms with Crippen molar-refractivity contribution in [2.75, 3.05) is 20.3 Å². The molecule has 0 aliphatic carbocycles. The standard InChI is InChI=1S/C16H20N2O3/c1-4-21-16(19)14(10-17)11-18-8-7-13-9-12(2)5-6-15(13)20-3/h5-6,9,11,14H,4,7-8H2,1-3H3/t14-/m0/s1. The van der Waals surface area contributed by atoms with Gasteiger partial charge in [-0.25, -0.2) is 0 Å². The average Bonchev–Trinajstić information content (AvgIpc) is 2.47. The van der Waals surface area contributed by atoms with Crippen molar-refractivity contribution in [1.82, 2.24) is 0 Å². The number of rotatable bonds is 7. The van der Waals surface area contributed by atoms with E-state index in [1.807, 2.05) is 31.2 Å². The third-order valence-corrected chi connectivity index (χ3v) is 2.88. The first-order valence-electron chi connectivity index (χ1n) is 6.82. The fourth-order valence-electron chi connectivity index (χ4n) is 1.85. The molecule has 0 aliphatic rings. The molecule has 21 heavy (non-hydrogen) atoms. The van der Waals surface area contributed by atoms with E-state index in [-0.39, 0.29) is 6.61 Å². The van der Waals surface area contributed by atoms with Gasteiger partial charge in [-0.05, 0) is 31.9 Å². The largest absolute Gasteiger partial charge is 0.496 e. The quantitative estimate of drug-likeness (QED) is 0.570. The zero-order valence-electron chi connectivity index (χ0n) is 12.6. The zero-order valence-corrected chi connectivity index (χ0v) is 12.6. The van der Waals surface area contributed by atoms with Crippen LogP contribution in [0.25, 0.3) is 0 Å². The minimum Gasteiger partial charge on any atom is -0.496 e. The lowest BCUT2D eigenvalue weighted by atomic mass is 10.1. The third kappa shape index (κ3) is 5.27. The summed E-state index contributed by atoms with van der Waals surface area (Å²) in [5.74, 6) is -0.681. The highest BCUT2D eigenvalue weighted by Crippen LogP contribution is 2.20. The van der Waals surface area contributed by atoms with E-state index in [2.05, 4.69) is 4.99 Å². The lowest BCUT2D eigenvalue weighted by Crippen LogP contribution is -2.17. The predicted molar refractivity (Wildman–Crippen MR) is 80.5 cm³/mol. The van der Waals surface area contributed by atoms with Crippen LogP contribution >= 0.6 is 0 Å². The molecule has 0 saturated carbocycles. The van der Waals surface area contributed by atoms with Crippen molar-refractivity contribution in [2.45, 2.75) is 20.3 Å². The molecule has 0 radical (unpaired) electrons. The maximum atomic E-state index is 11.4. The Bertz CT molecular complexity index is 547. The van der Waals surface area contributed by atoms with Crippen LogP contribution < -0.4 is 4.74 Å². The number of carbonyl (C=O) groups excluding carboxylic acids is 1. The van der Waals surface area contributed by atoms with Crippen molar-refractivity contribution in [3.8, 4) is 11.8 Å². The molecule has 1 aromatic carbocycles. The van der Waals surface area contributed by atoms with Crippen LogP contribution in [-0.4, -0.2) is 32.4 Å². The molecule has 0 bridgehead atoms. The summed E-state index contributed by atoms with van der Waals surface area (Å²) in [6, 6.07) is 7.82. The molecule has 1 atom stereocenters. The van der Waals surface area contributed by atoms with E-state index in [9.17, 15) is 4.79 Å². The van der Waals surface area contributed by atoms with E-state index in [0.717, 1.165) is 16.9 Å². The number of aryl methyl sites for hydroxylation is 1. The molecule has 0 spiro atoms. The van der Waals surface area contributed by atoms with Gasteiger partial charge < -0.3 is 9.47 Å². The zero-order chi connectivity index (χ0) is 15.7. The number of methoxy groups -OCH3 is 1. The first-order valence-corrected chi connectivity index (χ1v) is 6.82. The van der Waals surface area contributed by atoms with Gasteiger partial charge in [-0.1, -0.05) is 17.7 Å². The predicted octanol–water partition coefficient (Wildman–Crippen LogP) is 2.32. The summed E-state index contributed by atoms with van der Waals surface area (Å²) < 4.78 is 10.1. The molecule has 1 rings (SSSR count). The fourth-order valence-corrected chi connectivity index (χ4v) is 1.85. The van der Waals surface area contributed by atoms with E-state index in [0.29, 0.717) is 13.0 Å². The van der Waals surface area contributed by atoms with Gasteiger partial charge in [-0.15, -0.1) is 0 Å². The molecule has 0 unspecified atom stereocenters. The maximum absolute atomic E-state index is 11.4. The summed E-state index contributed by atoms with van der Waals surface area (Å²) in [4.78, 5) is 15.6. The van der Waals surface area contributed by atoms with Crippen LogP contribution in [0.15, 0.2) is 23.2 Å². The van der Waals surface area contributed by atoms with Crippen molar-refractivity contribution >= 4 is 12.2 Å². The topological polar surface area (TPSA) is 71.7 Å². The van der Waals surface area contributed by atoms with Crippen LogP contribution in [0.5, 0.6) is 5.75 Å². The first-order chi connectivity index (χ1) is 10.1. The molecule has 0 fully saturated rings. The van der Waals surface area contributed by atoms with Crippen molar-refractivity contribution in [3.63, 3.8) is 0 Å². The Morgan fingerprint density at radius 2 is 2.29 bits per heavy atom. The second kappa shape index (κ2) is 8.75. The van der Waals surface area contributed by atoms with Gasteiger partial charge in [0.25, 0.3) is 0 Å². The molecule has 0 heterocycles. The highest BCUT2D eigenvalue weighted by Gasteiger charge is 2.15. The fraction of sp³-hybridized carbons (Fsp3) is 0.438. The number of benzene rings is 1. The molecule has 5 nitrogen and oxygen atoms in total. The van der Waals surface area contributed by atoms with E-state index in [4.69, 9.17) is 14.7 Å². The van der Waals surface area contributed by atoms with Crippen LogP contribution in [-0.2, 0) is 16.0 Å². The van der Waals surface area contributed by atoms with Gasteiger partial charge in [-0.3, -0.25) is 9.79 Å². The van der Waals surface area contributed by atoms with E-state index in [1.165, 1.54) is 6.21 Å². The Labute approximate surface area is 125 Å². The highest BCUT2D eigenvalue weighted by molar-refractivity contribution is 5.92. The van der Waals surface area contributed by atoms with Gasteiger partial charge in [0.2, 0.25) is 0 Å². The number of hydrogen-bond acceptors (Lipinski definition) is 5. The van der Waals surface area contributed by atoms with Crippen molar-refractivity contribution in [3.05, 3.63) is 29.3 Å². The van der Waals surface area contributed by atoms with Gasteiger partial charge in [-0.2, -0.15) is 5.26 Å². The number of esters is 1. The third-order valence-electron chi connectivity index (χ3n) is 2.88. The molecular weight excluding hydrogens is 268 g/mol. The Kier molecular flexibility index (Phi) is 6.96. The van der Waals surface area contributed by atoms with Crippen molar-refractivity contribution < 1.29 is 14.3 Å². The molecule has 5 heteroatoms. The van der Waals surface area contributed by atoms with Crippen LogP contribution in [0.2, 0.25) is 0 Å². The van der Waals surface area contributed by atoms with Crippen LogP contribution in [0.3, 0.4) is 0 Å². The Morgan fingerprint density at radius 1 is 1.52 bits per heavy atom. The van der Waals surface area contributed by atoms with Crippen LogP contribution in [0, 0.1) is 24.2 Å². The summed E-state index contributed by atoms with van der Waals surface area (Å²) in [5.41, 5.74) is 2.20. The van der Waals surface area contributed by atoms with Crippen LogP contribution in [0.4, 0.5) is 0 Å². The summed E-state index contributed by atoms with van der Waals surface area (Å²) in [6.45, 7) is 4.45. The summed E-state index contributed by atoms with van der Waals surface area (Å²) in [7, 11) is 1.63. The molecule has 0 saturated heterocycles. The summed E-state index contributed by atoms with van der Waals surface area (Å²) >= 11 is 0. The van der Waals surface area contributed by atoms with E-state index in [1.54, 1.807) is 14.0 Å². The van der Waals surface area contributed by atoms with Crippen LogP contribution in [0.1, 0.15) is 18.1 Å². The molecule has 112 valence electrons. The van der Waals surface area contributed by atoms with Gasteiger partial charge in [0.15, 0.2) is 5.92 Å². The molecule has 0 amide bonds. The Morgan fingerprint density at radius 3 is 2.90 bits per heavy atom. The Hall–Kier alpha value is -2.35. The monoisotopic (exact) mass is 288 g/mol. The second-order valence-electron chi connectivity index (χ2n) is 4.48. The molecule has 1 aromatic rings. The number of ether oxygens (including phenoxy) is 2. The Balaban J connectivity index is 2.60. The van der Waals surface area contributed by atoms with Crippen molar-refractivity contribution in [1.29, 1.82) is 5.26 Å². The normalized spacial score (nSPS) is 11.9. The van der Waals surface area contributed by atoms with Gasteiger partial charge in [0, 0.05) is 12.8 Å². The lowest BCUT2D eigenvalue weighted by Gasteiger charge is -2.08. The number of nitriles is 1. The van der Waals surface area contributed by atoms with E-state index < -0.39 is 11.9 Å². The number of carbonyl (C=O) groups is 1. The second-order valence-corrected chi connectivity index (χ2v) is 4.48. The minimum absolute atomic E-state index is 0.255. The SMILES string of the molecule is CCOC(=O)[C@@H](C#N)C=NCCc1cc(C)ccc1OC. The number of aliphatic imine (C=N–C) groups is 1. The number of nitrogens with zero attached hydrogens (tertiary/aromatic N) is 2. The average molecular weight is 288 g/mol. The van der Waals surface area contributed by atoms with Gasteiger partial charge >= 0.3 is 5.97 Å². The van der Waals surface area contributed by atoms with Gasteiger partial charge in [0.05, 0.1) is 19.8 Å². The van der Waals surface area contributed by atoms with Gasteiger partial charge in [0.1, 0.15) is 5.75 Å². The molecular formula is C16H20N2O3. The molecule has 0 aromatic heterocycles. The van der Waals surface area contributed by atoms with E-state index >= 15 is 0 Å². The minimum atomic E-state index is -0.940. The highest BCUT2D eigenvalue weighted by atomic mass is 16.5. The number of hydrogen-bond donors (Lipinski definition) is 0. The smallest absolute Gasteiger partial charge is 0.328 e. The maximum Gasteiger partial charge on any atom is 0.328 e. The summed E-state index contributed by atoms with van der Waals surface area (Å²) in [5, 5.41) is 8.90. The molecule has 0 N–H and O–H groups in total. The first kappa shape index (κ1) is 16.7. The molecule has 0 aliphatic heterocycles. The summed E-state index contributed by atoms with van der Waals surface area (Å²) in [6.07, 6.45) is 2.03. The van der Waals surface area contributed by atoms with Crippen molar-refractivity contribution in [2.24, 2.45) is 10.9 Å². The lowest BCUT2D eigenvalue weighted by molar-refractivity contribution is -0.143.